The van der Waals surface area contributed by atoms with Gasteiger partial charge in [-0.1, -0.05) is 6.07 Å². The largest absolute Gasteiger partial charge is 0.508 e. The molecule has 1 aliphatic rings. The van der Waals surface area contributed by atoms with Gasteiger partial charge in [0.25, 0.3) is 0 Å². The van der Waals surface area contributed by atoms with Crippen LogP contribution in [0.25, 0.3) is 5.69 Å². The molecular weight excluding hydrogens is 342 g/mol. The van der Waals surface area contributed by atoms with Crippen molar-refractivity contribution in [2.45, 2.75) is 38.5 Å². The Bertz CT molecular complexity index is 978. The number of aryl methyl sites for hydroxylation is 2. The lowest BCUT2D eigenvalue weighted by Gasteiger charge is -2.07. The third kappa shape index (κ3) is 4.13. The van der Waals surface area contributed by atoms with Crippen molar-refractivity contribution in [2.24, 2.45) is 0 Å². The summed E-state index contributed by atoms with van der Waals surface area (Å²) >= 11 is 0. The molecule has 0 saturated heterocycles. The van der Waals surface area contributed by atoms with Crippen LogP contribution in [-0.4, -0.2) is 30.8 Å². The lowest BCUT2D eigenvalue weighted by Crippen LogP contribution is -2.14. The fourth-order valence-electron chi connectivity index (χ4n) is 2.94. The van der Waals surface area contributed by atoms with E-state index in [1.807, 2.05) is 23.7 Å². The van der Waals surface area contributed by atoms with Gasteiger partial charge in [0.05, 0.1) is 5.69 Å². The molecule has 2 N–H and O–H groups in total. The number of benzene rings is 1. The van der Waals surface area contributed by atoms with Crippen LogP contribution < -0.4 is 5.32 Å². The molecule has 2 aromatic heterocycles. The van der Waals surface area contributed by atoms with Crippen LogP contribution in [0.4, 0.5) is 5.69 Å². The van der Waals surface area contributed by atoms with Crippen LogP contribution in [0.5, 0.6) is 5.75 Å². The monoisotopic (exact) mass is 363 g/mol. The van der Waals surface area contributed by atoms with Crippen molar-refractivity contribution >= 4 is 11.6 Å². The smallest absolute Gasteiger partial charge is 0.224 e. The summed E-state index contributed by atoms with van der Waals surface area (Å²) < 4.78 is 1.82. The van der Waals surface area contributed by atoms with E-state index < -0.39 is 0 Å². The van der Waals surface area contributed by atoms with E-state index in [1.54, 1.807) is 24.4 Å². The Labute approximate surface area is 157 Å². The Kier molecular flexibility index (Phi) is 4.58. The zero-order chi connectivity index (χ0) is 18.8. The van der Waals surface area contributed by atoms with Crippen LogP contribution in [0.2, 0.25) is 0 Å². The van der Waals surface area contributed by atoms with Crippen molar-refractivity contribution in [3.8, 4) is 11.4 Å². The first-order valence-corrected chi connectivity index (χ1v) is 9.06. The van der Waals surface area contributed by atoms with Crippen LogP contribution >= 0.6 is 0 Å². The second kappa shape index (κ2) is 7.19. The lowest BCUT2D eigenvalue weighted by atomic mass is 10.2. The molecule has 138 valence electrons. The van der Waals surface area contributed by atoms with Crippen LogP contribution in [0.15, 0.2) is 42.6 Å². The summed E-state index contributed by atoms with van der Waals surface area (Å²) in [4.78, 5) is 21.2. The zero-order valence-corrected chi connectivity index (χ0v) is 15.1. The predicted molar refractivity (Wildman–Crippen MR) is 101 cm³/mol. The summed E-state index contributed by atoms with van der Waals surface area (Å²) in [6.07, 6.45) is 4.75. The second-order valence-corrected chi connectivity index (χ2v) is 6.83. The molecule has 27 heavy (non-hydrogen) atoms. The number of anilines is 1. The van der Waals surface area contributed by atoms with E-state index in [1.165, 1.54) is 6.07 Å². The molecule has 0 unspecified atom stereocenters. The number of nitrogens with zero attached hydrogens (tertiary/aromatic N) is 4. The van der Waals surface area contributed by atoms with Crippen molar-refractivity contribution in [1.29, 1.82) is 0 Å². The van der Waals surface area contributed by atoms with Gasteiger partial charge >= 0.3 is 0 Å². The van der Waals surface area contributed by atoms with Crippen molar-refractivity contribution in [3.63, 3.8) is 0 Å². The quantitative estimate of drug-likeness (QED) is 0.702. The third-order valence-electron chi connectivity index (χ3n) is 4.46. The molecule has 1 saturated carbocycles. The number of carbonyl (C=O) groups excluding carboxylic acids is 1. The highest BCUT2D eigenvalue weighted by Crippen LogP contribution is 2.38. The fraction of sp³-hybridized carbons (Fsp3) is 0.300. The summed E-state index contributed by atoms with van der Waals surface area (Å²) in [5.74, 6) is 2.05. The van der Waals surface area contributed by atoms with E-state index in [2.05, 4.69) is 20.4 Å². The van der Waals surface area contributed by atoms with Crippen molar-refractivity contribution in [2.75, 3.05) is 5.32 Å². The average Bonchev–Trinajstić information content (AvgIpc) is 3.40. The van der Waals surface area contributed by atoms with E-state index in [-0.39, 0.29) is 18.1 Å². The van der Waals surface area contributed by atoms with Gasteiger partial charge in [-0.3, -0.25) is 9.78 Å². The average molecular weight is 363 g/mol. The number of nitrogens with one attached hydrogen (secondary N) is 1. The lowest BCUT2D eigenvalue weighted by molar-refractivity contribution is -0.116. The van der Waals surface area contributed by atoms with Gasteiger partial charge in [0.15, 0.2) is 5.82 Å². The van der Waals surface area contributed by atoms with Gasteiger partial charge < -0.3 is 10.4 Å². The van der Waals surface area contributed by atoms with Crippen LogP contribution in [0.3, 0.4) is 0 Å². The van der Waals surface area contributed by atoms with Crippen molar-refractivity contribution in [3.05, 3.63) is 59.9 Å². The summed E-state index contributed by atoms with van der Waals surface area (Å²) in [7, 11) is 0. The first-order chi connectivity index (χ1) is 13.1. The van der Waals surface area contributed by atoms with Crippen molar-refractivity contribution < 1.29 is 9.90 Å². The normalized spacial score (nSPS) is 13.5. The number of rotatable bonds is 6. The van der Waals surface area contributed by atoms with Gasteiger partial charge in [-0.2, -0.15) is 5.10 Å². The summed E-state index contributed by atoms with van der Waals surface area (Å²) in [5, 5.41) is 17.0. The predicted octanol–water partition coefficient (Wildman–Crippen LogP) is 3.13. The first kappa shape index (κ1) is 17.2. The number of pyridine rings is 1. The van der Waals surface area contributed by atoms with Crippen LogP contribution in [0.1, 0.15) is 42.5 Å². The second-order valence-electron chi connectivity index (χ2n) is 6.83. The minimum Gasteiger partial charge on any atom is -0.508 e. The number of hydrogen-bond donors (Lipinski definition) is 2. The Balaban J connectivity index is 1.50. The first-order valence-electron chi connectivity index (χ1n) is 9.06. The topological polar surface area (TPSA) is 92.9 Å². The molecule has 0 aliphatic heterocycles. The van der Waals surface area contributed by atoms with E-state index in [9.17, 15) is 9.90 Å². The molecule has 3 aromatic rings. The molecule has 0 spiro atoms. The highest BCUT2D eigenvalue weighted by molar-refractivity contribution is 5.90. The summed E-state index contributed by atoms with van der Waals surface area (Å²) in [6, 6.07) is 10.4. The molecule has 1 aromatic carbocycles. The van der Waals surface area contributed by atoms with E-state index in [0.717, 1.165) is 35.9 Å². The van der Waals surface area contributed by atoms with Crippen molar-refractivity contribution in [1.82, 2.24) is 19.7 Å². The third-order valence-corrected chi connectivity index (χ3v) is 4.46. The maximum Gasteiger partial charge on any atom is 0.224 e. The highest BCUT2D eigenvalue weighted by Gasteiger charge is 2.29. The molecular formula is C20H21N5O2. The summed E-state index contributed by atoms with van der Waals surface area (Å²) in [6.45, 7) is 1.94. The Morgan fingerprint density at radius 2 is 2.15 bits per heavy atom. The van der Waals surface area contributed by atoms with Gasteiger partial charge in [-0.25, -0.2) is 9.67 Å². The van der Waals surface area contributed by atoms with Gasteiger partial charge in [0.2, 0.25) is 5.91 Å². The molecule has 1 fully saturated rings. The number of hydrogen-bond acceptors (Lipinski definition) is 5. The zero-order valence-electron chi connectivity index (χ0n) is 15.1. The highest BCUT2D eigenvalue weighted by atomic mass is 16.3. The van der Waals surface area contributed by atoms with Gasteiger partial charge in [-0.15, -0.1) is 0 Å². The Morgan fingerprint density at radius 3 is 2.89 bits per heavy atom. The molecule has 1 amide bonds. The van der Waals surface area contributed by atoms with Crippen LogP contribution in [-0.2, 0) is 11.2 Å². The standard InChI is InChI=1S/C20H21N5O2/c1-13-11-16(9-10-21-13)25-18(23-20(24-25)14-5-6-14)7-8-19(27)22-15-3-2-4-17(26)12-15/h2-4,9-12,14,26H,5-8H2,1H3,(H,22,27). The van der Waals surface area contributed by atoms with E-state index in [4.69, 9.17) is 0 Å². The molecule has 7 nitrogen and oxygen atoms in total. The SMILES string of the molecule is Cc1cc(-n2nc(C3CC3)nc2CCC(=O)Nc2cccc(O)c2)ccn1. The Hall–Kier alpha value is -3.22. The molecule has 4 rings (SSSR count). The minimum absolute atomic E-state index is 0.120. The number of aromatic hydroxyl groups is 1. The number of aromatic nitrogens is 4. The van der Waals surface area contributed by atoms with E-state index >= 15 is 0 Å². The maximum absolute atomic E-state index is 12.3. The molecule has 0 bridgehead atoms. The van der Waals surface area contributed by atoms with Gasteiger partial charge in [0.1, 0.15) is 11.6 Å². The molecule has 0 atom stereocenters. The summed E-state index contributed by atoms with van der Waals surface area (Å²) in [5.41, 5.74) is 2.39. The Morgan fingerprint density at radius 1 is 1.30 bits per heavy atom. The molecule has 7 heteroatoms. The maximum atomic E-state index is 12.3. The number of amides is 1. The molecule has 2 heterocycles. The van der Waals surface area contributed by atoms with Gasteiger partial charge in [-0.05, 0) is 44.0 Å². The number of carbonyl (C=O) groups is 1. The van der Waals surface area contributed by atoms with Crippen LogP contribution in [0, 0.1) is 6.92 Å². The molecule has 0 radical (unpaired) electrons. The molecule has 1 aliphatic carbocycles. The van der Waals surface area contributed by atoms with Gasteiger partial charge in [0, 0.05) is 42.4 Å². The number of phenols is 1. The fourth-order valence-corrected chi connectivity index (χ4v) is 2.94. The number of phenolic OH excluding ortho intramolecular Hbond substituents is 1. The minimum atomic E-state index is -0.131. The van der Waals surface area contributed by atoms with E-state index in [0.29, 0.717) is 18.0 Å².